The predicted molar refractivity (Wildman–Crippen MR) is 78.9 cm³/mol. The van der Waals surface area contributed by atoms with Gasteiger partial charge in [-0.3, -0.25) is 0 Å². The molecule has 1 aromatic rings. The largest absolute Gasteiger partial charge is 0.497 e. The number of benzene rings is 1. The Morgan fingerprint density at radius 1 is 1.13 bits per heavy atom. The Hall–Kier alpha value is 0.190. The van der Waals surface area contributed by atoms with Gasteiger partial charge in [0.05, 0.1) is 10.0 Å². The molecular weight excluding hydrogens is 339 g/mol. The molecule has 0 saturated heterocycles. The smallest absolute Gasteiger partial charge is 0.118 e. The van der Waals surface area contributed by atoms with Crippen LogP contribution in [0.5, 0.6) is 5.75 Å². The van der Waals surface area contributed by atoms with Crippen LogP contribution in [0.15, 0.2) is 27.2 Å². The summed E-state index contributed by atoms with van der Waals surface area (Å²) in [5.41, 5.74) is 1.30. The van der Waals surface area contributed by atoms with Gasteiger partial charge in [0.1, 0.15) is 5.75 Å². The van der Waals surface area contributed by atoms with E-state index in [2.05, 4.69) is 34.7 Å². The number of hydrogen-bond acceptors (Lipinski definition) is 3. The summed E-state index contributed by atoms with van der Waals surface area (Å²) in [4.78, 5) is 1.41. The third-order valence-electron chi connectivity index (χ3n) is 2.09. The highest BCUT2D eigenvalue weighted by atomic mass is 127. The third-order valence-corrected chi connectivity index (χ3v) is 6.32. The van der Waals surface area contributed by atoms with E-state index in [1.54, 1.807) is 7.11 Å². The van der Waals surface area contributed by atoms with E-state index in [1.165, 1.54) is 24.9 Å². The molecule has 0 spiro atoms. The molecule has 15 heavy (non-hydrogen) atoms. The number of hydrogen-bond donors (Lipinski definition) is 0. The van der Waals surface area contributed by atoms with Crippen molar-refractivity contribution in [1.29, 1.82) is 0 Å². The quantitative estimate of drug-likeness (QED) is 0.739. The molecule has 1 aliphatic rings. The molecule has 0 fully saturated rings. The maximum Gasteiger partial charge on any atom is 0.118 e. The topological polar surface area (TPSA) is 9.23 Å². The van der Waals surface area contributed by atoms with E-state index in [9.17, 15) is 0 Å². The number of thioether (sulfide) groups is 2. The fourth-order valence-corrected chi connectivity index (χ4v) is 4.84. The maximum atomic E-state index is 5.15. The first kappa shape index (κ1) is 11.7. The summed E-state index contributed by atoms with van der Waals surface area (Å²) in [6.07, 6.45) is 0. The van der Waals surface area contributed by atoms with Crippen LogP contribution in [-0.4, -0.2) is 18.6 Å². The van der Waals surface area contributed by atoms with E-state index >= 15 is 0 Å². The molecule has 2 rings (SSSR count). The van der Waals surface area contributed by atoms with Crippen LogP contribution < -0.4 is 4.74 Å². The second-order valence-corrected chi connectivity index (χ2v) is 7.05. The lowest BCUT2D eigenvalue weighted by Crippen LogP contribution is -1.93. The molecule has 0 saturated carbocycles. The average Bonchev–Trinajstić information content (AvgIpc) is 2.30. The van der Waals surface area contributed by atoms with Gasteiger partial charge in [-0.15, -0.1) is 23.5 Å². The number of ether oxygens (including phenoxy) is 1. The summed E-state index contributed by atoms with van der Waals surface area (Å²) < 4.78 is 6.56. The van der Waals surface area contributed by atoms with Crippen LogP contribution in [0.25, 0.3) is 4.91 Å². The molecule has 1 nitrogen and oxygen atoms in total. The van der Waals surface area contributed by atoms with Gasteiger partial charge in [-0.1, -0.05) is 12.1 Å². The van der Waals surface area contributed by atoms with Gasteiger partial charge in [0.2, 0.25) is 0 Å². The first-order valence-corrected chi connectivity index (χ1v) is 7.66. The predicted octanol–water partition coefficient (Wildman–Crippen LogP) is 4.24. The first-order valence-electron chi connectivity index (χ1n) is 4.61. The van der Waals surface area contributed by atoms with Crippen LogP contribution in [0.4, 0.5) is 0 Å². The van der Waals surface area contributed by atoms with E-state index in [-0.39, 0.29) is 0 Å². The maximum absolute atomic E-state index is 5.15. The summed E-state index contributed by atoms with van der Waals surface area (Å²) in [5, 5.41) is 0. The van der Waals surface area contributed by atoms with Gasteiger partial charge in [-0.2, -0.15) is 0 Å². The summed E-state index contributed by atoms with van der Waals surface area (Å²) in [6.45, 7) is 0. The van der Waals surface area contributed by atoms with E-state index in [0.29, 0.717) is 0 Å². The second kappa shape index (κ2) is 5.50. The van der Waals surface area contributed by atoms with Crippen LogP contribution in [0.3, 0.4) is 0 Å². The van der Waals surface area contributed by atoms with Crippen LogP contribution in [0.2, 0.25) is 0 Å². The van der Waals surface area contributed by atoms with Crippen LogP contribution in [0.1, 0.15) is 5.56 Å². The van der Waals surface area contributed by atoms with Crippen molar-refractivity contribution in [2.24, 2.45) is 0 Å². The lowest BCUT2D eigenvalue weighted by atomic mass is 10.2. The Morgan fingerprint density at radius 3 is 2.40 bits per heavy atom. The Morgan fingerprint density at radius 2 is 1.80 bits per heavy atom. The standard InChI is InChI=1S/C11H11IOS2/c1-13-9-4-2-8(3-5-9)10-11(12)15-7-6-14-10/h2-5H,6-7H2,1H3. The molecule has 0 bridgehead atoms. The molecule has 0 N–H and O–H groups in total. The zero-order valence-electron chi connectivity index (χ0n) is 8.33. The molecule has 4 heteroatoms. The molecule has 0 aromatic heterocycles. The van der Waals surface area contributed by atoms with Gasteiger partial charge in [0.25, 0.3) is 0 Å². The summed E-state index contributed by atoms with van der Waals surface area (Å²) in [6, 6.07) is 8.30. The Labute approximate surface area is 112 Å². The first-order chi connectivity index (χ1) is 7.31. The molecule has 1 heterocycles. The van der Waals surface area contributed by atoms with Gasteiger partial charge in [0.15, 0.2) is 0 Å². The monoisotopic (exact) mass is 350 g/mol. The van der Waals surface area contributed by atoms with Crippen LogP contribution in [-0.2, 0) is 0 Å². The fourth-order valence-electron chi connectivity index (χ4n) is 1.34. The molecule has 0 amide bonds. The molecule has 0 aliphatic carbocycles. The van der Waals surface area contributed by atoms with Crippen molar-refractivity contribution < 1.29 is 4.74 Å². The lowest BCUT2D eigenvalue weighted by Gasteiger charge is -2.15. The fraction of sp³-hybridized carbons (Fsp3) is 0.273. The van der Waals surface area contributed by atoms with Gasteiger partial charge in [-0.25, -0.2) is 0 Å². The minimum Gasteiger partial charge on any atom is -0.497 e. The summed E-state index contributed by atoms with van der Waals surface area (Å²) in [7, 11) is 1.70. The molecule has 1 aliphatic heterocycles. The zero-order valence-corrected chi connectivity index (χ0v) is 12.1. The highest BCUT2D eigenvalue weighted by molar-refractivity contribution is 14.1. The van der Waals surface area contributed by atoms with Crippen molar-refractivity contribution in [3.63, 3.8) is 0 Å². The Kier molecular flexibility index (Phi) is 4.28. The Balaban J connectivity index is 2.28. The van der Waals surface area contributed by atoms with Gasteiger partial charge in [-0.05, 0) is 40.3 Å². The van der Waals surface area contributed by atoms with Crippen molar-refractivity contribution in [2.75, 3.05) is 18.6 Å². The van der Waals surface area contributed by atoms with Crippen LogP contribution >= 0.6 is 46.1 Å². The normalized spacial score (nSPS) is 16.7. The number of halogens is 1. The van der Waals surface area contributed by atoms with Crippen molar-refractivity contribution >= 4 is 51.0 Å². The molecule has 80 valence electrons. The minimum absolute atomic E-state index is 0.919. The van der Waals surface area contributed by atoms with E-state index in [0.717, 1.165) is 5.75 Å². The van der Waals surface area contributed by atoms with E-state index in [4.69, 9.17) is 4.74 Å². The molecular formula is C11H11IOS2. The van der Waals surface area contributed by atoms with E-state index in [1.807, 2.05) is 35.7 Å². The van der Waals surface area contributed by atoms with Crippen molar-refractivity contribution in [3.05, 3.63) is 32.7 Å². The SMILES string of the molecule is COc1ccc(C2=C(I)SCCS2)cc1. The number of rotatable bonds is 2. The van der Waals surface area contributed by atoms with Crippen molar-refractivity contribution in [2.45, 2.75) is 0 Å². The lowest BCUT2D eigenvalue weighted by molar-refractivity contribution is 0.415. The van der Waals surface area contributed by atoms with Gasteiger partial charge in [0, 0.05) is 16.4 Å². The van der Waals surface area contributed by atoms with Crippen molar-refractivity contribution in [3.8, 4) is 5.75 Å². The van der Waals surface area contributed by atoms with Crippen molar-refractivity contribution in [1.82, 2.24) is 0 Å². The molecule has 0 radical (unpaired) electrons. The number of methoxy groups -OCH3 is 1. The average molecular weight is 350 g/mol. The molecule has 0 unspecified atom stereocenters. The highest BCUT2D eigenvalue weighted by Gasteiger charge is 2.13. The van der Waals surface area contributed by atoms with E-state index < -0.39 is 0 Å². The second-order valence-electron chi connectivity index (χ2n) is 3.03. The Bertz CT molecular complexity index is 373. The summed E-state index contributed by atoms with van der Waals surface area (Å²) >= 11 is 6.32. The van der Waals surface area contributed by atoms with Crippen LogP contribution in [0, 0.1) is 0 Å². The molecule has 0 atom stereocenters. The highest BCUT2D eigenvalue weighted by Crippen LogP contribution is 2.43. The third kappa shape index (κ3) is 2.85. The zero-order chi connectivity index (χ0) is 10.7. The molecule has 1 aromatic carbocycles. The van der Waals surface area contributed by atoms with Gasteiger partial charge >= 0.3 is 0 Å². The van der Waals surface area contributed by atoms with Gasteiger partial charge < -0.3 is 4.74 Å². The summed E-state index contributed by atoms with van der Waals surface area (Å²) in [5.74, 6) is 3.35. The minimum atomic E-state index is 0.919.